The molecule has 25 heavy (non-hydrogen) atoms. The number of nitrogens with zero attached hydrogens (tertiary/aromatic N) is 3. The van der Waals surface area contributed by atoms with Crippen molar-refractivity contribution in [1.82, 2.24) is 14.5 Å². The summed E-state index contributed by atoms with van der Waals surface area (Å²) < 4.78 is 36.8. The summed E-state index contributed by atoms with van der Waals surface area (Å²) in [6.45, 7) is -2.65. The number of ether oxygens (including phenoxy) is 2. The van der Waals surface area contributed by atoms with Crippen molar-refractivity contribution in [2.75, 3.05) is 21.3 Å². The molecule has 0 atom stereocenters. The molecular formula is C17H21F2N3O3. The van der Waals surface area contributed by atoms with E-state index in [1.165, 1.54) is 17.3 Å². The van der Waals surface area contributed by atoms with Gasteiger partial charge in [0.05, 0.1) is 20.8 Å². The molecule has 1 amide bonds. The Hall–Kier alpha value is -2.64. The minimum atomic E-state index is -2.68. The average Bonchev–Trinajstić information content (AvgIpc) is 3.07. The van der Waals surface area contributed by atoms with Crippen LogP contribution >= 0.6 is 0 Å². The van der Waals surface area contributed by atoms with Gasteiger partial charge < -0.3 is 14.4 Å². The molecule has 0 aliphatic rings. The van der Waals surface area contributed by atoms with Gasteiger partial charge in [0.15, 0.2) is 0 Å². The molecule has 1 heterocycles. The zero-order valence-corrected chi connectivity index (χ0v) is 14.4. The Labute approximate surface area is 145 Å². The molecule has 0 fully saturated rings. The van der Waals surface area contributed by atoms with Gasteiger partial charge >= 0.3 is 6.55 Å². The highest BCUT2D eigenvalue weighted by atomic mass is 19.3. The number of aromatic nitrogens is 2. The maximum atomic E-state index is 12.8. The summed E-state index contributed by atoms with van der Waals surface area (Å²) in [7, 11) is 4.68. The van der Waals surface area contributed by atoms with E-state index in [0.29, 0.717) is 17.9 Å². The van der Waals surface area contributed by atoms with Gasteiger partial charge in [0.1, 0.15) is 17.3 Å². The fourth-order valence-electron chi connectivity index (χ4n) is 2.40. The zero-order valence-electron chi connectivity index (χ0n) is 14.4. The molecule has 136 valence electrons. The standard InChI is InChI=1S/C17H21F2N3O3/c1-21(11-15-20-6-7-22(15)17(18)19)16(23)5-4-12-8-13(24-2)10-14(9-12)25-3/h6-10,17H,4-5,11H2,1-3H3. The number of rotatable bonds is 8. The third-order valence-corrected chi connectivity index (χ3v) is 3.80. The van der Waals surface area contributed by atoms with Crippen LogP contribution in [0.4, 0.5) is 8.78 Å². The summed E-state index contributed by atoms with van der Waals surface area (Å²) in [5, 5.41) is 0. The molecule has 1 aromatic carbocycles. The Morgan fingerprint density at radius 1 is 1.24 bits per heavy atom. The van der Waals surface area contributed by atoms with E-state index in [1.807, 2.05) is 12.1 Å². The third kappa shape index (κ3) is 4.91. The molecule has 2 rings (SSSR count). The van der Waals surface area contributed by atoms with E-state index >= 15 is 0 Å². The van der Waals surface area contributed by atoms with Gasteiger partial charge in [-0.05, 0) is 24.1 Å². The summed E-state index contributed by atoms with van der Waals surface area (Å²) in [4.78, 5) is 17.5. The van der Waals surface area contributed by atoms with E-state index in [0.717, 1.165) is 10.1 Å². The van der Waals surface area contributed by atoms with Gasteiger partial charge in [0.2, 0.25) is 5.91 Å². The van der Waals surface area contributed by atoms with Gasteiger partial charge in [0.25, 0.3) is 0 Å². The molecule has 0 aliphatic carbocycles. The van der Waals surface area contributed by atoms with Crippen molar-refractivity contribution in [3.8, 4) is 11.5 Å². The summed E-state index contributed by atoms with van der Waals surface area (Å²) in [6, 6.07) is 5.42. The van der Waals surface area contributed by atoms with E-state index in [2.05, 4.69) is 4.98 Å². The van der Waals surface area contributed by atoms with Crippen LogP contribution in [0.25, 0.3) is 0 Å². The second-order valence-corrected chi connectivity index (χ2v) is 5.50. The van der Waals surface area contributed by atoms with Crippen LogP contribution in [-0.4, -0.2) is 41.6 Å². The lowest BCUT2D eigenvalue weighted by molar-refractivity contribution is -0.130. The third-order valence-electron chi connectivity index (χ3n) is 3.80. The predicted molar refractivity (Wildman–Crippen MR) is 87.8 cm³/mol. The van der Waals surface area contributed by atoms with Crippen molar-refractivity contribution in [1.29, 1.82) is 0 Å². The first kappa shape index (κ1) is 18.7. The van der Waals surface area contributed by atoms with Crippen LogP contribution in [0, 0.1) is 0 Å². The molecule has 8 heteroatoms. The van der Waals surface area contributed by atoms with Crippen molar-refractivity contribution >= 4 is 5.91 Å². The Kier molecular flexibility index (Phi) is 6.32. The van der Waals surface area contributed by atoms with Crippen LogP contribution in [0.15, 0.2) is 30.6 Å². The molecule has 0 bridgehead atoms. The monoisotopic (exact) mass is 353 g/mol. The summed E-state index contributed by atoms with van der Waals surface area (Å²) in [6.07, 6.45) is 3.21. The molecule has 0 saturated carbocycles. The number of benzene rings is 1. The Morgan fingerprint density at radius 3 is 2.44 bits per heavy atom. The van der Waals surface area contributed by atoms with Crippen LogP contribution < -0.4 is 9.47 Å². The van der Waals surface area contributed by atoms with Crippen LogP contribution in [0.5, 0.6) is 11.5 Å². The first-order valence-corrected chi connectivity index (χ1v) is 7.70. The zero-order chi connectivity index (χ0) is 18.4. The van der Waals surface area contributed by atoms with Crippen molar-refractivity contribution < 1.29 is 23.0 Å². The van der Waals surface area contributed by atoms with E-state index in [9.17, 15) is 13.6 Å². The SMILES string of the molecule is COc1cc(CCC(=O)N(C)Cc2nccn2C(F)F)cc(OC)c1. The molecule has 0 unspecified atom stereocenters. The first-order valence-electron chi connectivity index (χ1n) is 7.70. The lowest BCUT2D eigenvalue weighted by atomic mass is 10.1. The Morgan fingerprint density at radius 2 is 1.88 bits per heavy atom. The first-order chi connectivity index (χ1) is 11.9. The highest BCUT2D eigenvalue weighted by Crippen LogP contribution is 2.23. The molecule has 2 aromatic rings. The molecule has 0 radical (unpaired) electrons. The maximum absolute atomic E-state index is 12.8. The van der Waals surface area contributed by atoms with Crippen molar-refractivity contribution in [2.24, 2.45) is 0 Å². The molecule has 0 aliphatic heterocycles. The lowest BCUT2D eigenvalue weighted by Gasteiger charge is -2.18. The van der Waals surface area contributed by atoms with Crippen molar-refractivity contribution in [2.45, 2.75) is 25.9 Å². The summed E-state index contributed by atoms with van der Waals surface area (Å²) in [5.41, 5.74) is 0.895. The number of alkyl halides is 2. The van der Waals surface area contributed by atoms with Gasteiger partial charge in [-0.25, -0.2) is 4.98 Å². The second kappa shape index (κ2) is 8.46. The van der Waals surface area contributed by atoms with Crippen LogP contribution in [0.3, 0.4) is 0 Å². The molecule has 0 N–H and O–H groups in total. The Bertz CT molecular complexity index is 697. The van der Waals surface area contributed by atoms with Crippen LogP contribution in [0.2, 0.25) is 0 Å². The normalized spacial score (nSPS) is 10.8. The highest BCUT2D eigenvalue weighted by molar-refractivity contribution is 5.76. The quantitative estimate of drug-likeness (QED) is 0.732. The topological polar surface area (TPSA) is 56.6 Å². The van der Waals surface area contributed by atoms with Crippen molar-refractivity contribution in [3.05, 3.63) is 42.0 Å². The van der Waals surface area contributed by atoms with Gasteiger partial charge in [-0.2, -0.15) is 8.78 Å². The molecule has 0 saturated heterocycles. The number of hydrogen-bond donors (Lipinski definition) is 0. The minimum absolute atomic E-state index is 0.0254. The smallest absolute Gasteiger partial charge is 0.319 e. The Balaban J connectivity index is 1.96. The van der Waals surface area contributed by atoms with E-state index < -0.39 is 6.55 Å². The molecular weight excluding hydrogens is 332 g/mol. The molecule has 0 spiro atoms. The van der Waals surface area contributed by atoms with E-state index in [-0.39, 0.29) is 24.7 Å². The number of carbonyl (C=O) groups excluding carboxylic acids is 1. The van der Waals surface area contributed by atoms with Crippen LogP contribution in [0.1, 0.15) is 24.4 Å². The summed E-state index contributed by atoms with van der Waals surface area (Å²) in [5.74, 6) is 1.28. The highest BCUT2D eigenvalue weighted by Gasteiger charge is 2.16. The number of hydrogen-bond acceptors (Lipinski definition) is 4. The number of imidazole rings is 1. The number of halogens is 2. The maximum Gasteiger partial charge on any atom is 0.319 e. The van der Waals surface area contributed by atoms with Crippen LogP contribution in [-0.2, 0) is 17.8 Å². The van der Waals surface area contributed by atoms with Gasteiger partial charge in [-0.3, -0.25) is 9.36 Å². The number of aryl methyl sites for hydroxylation is 1. The predicted octanol–water partition coefficient (Wildman–Crippen LogP) is 2.89. The van der Waals surface area contributed by atoms with Gasteiger partial charge in [-0.1, -0.05) is 0 Å². The second-order valence-electron chi connectivity index (χ2n) is 5.50. The lowest BCUT2D eigenvalue weighted by Crippen LogP contribution is -2.28. The number of carbonyl (C=O) groups is 1. The van der Waals surface area contributed by atoms with Gasteiger partial charge in [-0.15, -0.1) is 0 Å². The largest absolute Gasteiger partial charge is 0.497 e. The van der Waals surface area contributed by atoms with E-state index in [4.69, 9.17) is 9.47 Å². The number of amides is 1. The minimum Gasteiger partial charge on any atom is -0.497 e. The van der Waals surface area contributed by atoms with Crippen molar-refractivity contribution in [3.63, 3.8) is 0 Å². The van der Waals surface area contributed by atoms with Gasteiger partial charge in [0, 0.05) is 31.9 Å². The fraction of sp³-hybridized carbons (Fsp3) is 0.412. The molecule has 6 nitrogen and oxygen atoms in total. The van der Waals surface area contributed by atoms with E-state index in [1.54, 1.807) is 27.3 Å². The summed E-state index contributed by atoms with van der Waals surface area (Å²) >= 11 is 0. The number of methoxy groups -OCH3 is 2. The average molecular weight is 353 g/mol. The molecule has 1 aromatic heterocycles. The fourth-order valence-corrected chi connectivity index (χ4v) is 2.40.